The average molecular weight is 310 g/mol. The molecule has 0 fully saturated rings. The maximum Gasteiger partial charge on any atom is 0.306 e. The monoisotopic (exact) mass is 309 g/mol. The van der Waals surface area contributed by atoms with Crippen LogP contribution in [0.15, 0.2) is 22.7 Å². The lowest BCUT2D eigenvalue weighted by atomic mass is 10.1. The van der Waals surface area contributed by atoms with Crippen LogP contribution in [0.4, 0.5) is 0 Å². The van der Waals surface area contributed by atoms with Gasteiger partial charge in [-0.05, 0) is 47.8 Å². The number of aromatic amines is 1. The SMILES string of the molecule is CCOC(=O)CCc1c(C)[nH]c2c(Br)cccc12. The van der Waals surface area contributed by atoms with Crippen molar-refractivity contribution in [2.45, 2.75) is 26.7 Å². The summed E-state index contributed by atoms with van der Waals surface area (Å²) in [6, 6.07) is 6.09. The second-order valence-electron chi connectivity index (χ2n) is 4.20. The zero-order chi connectivity index (χ0) is 13.1. The topological polar surface area (TPSA) is 42.1 Å². The molecular formula is C14H16BrNO2. The molecule has 0 aliphatic rings. The number of hydrogen-bond donors (Lipinski definition) is 1. The highest BCUT2D eigenvalue weighted by atomic mass is 79.9. The van der Waals surface area contributed by atoms with E-state index in [-0.39, 0.29) is 5.97 Å². The van der Waals surface area contributed by atoms with Crippen LogP contribution >= 0.6 is 15.9 Å². The van der Waals surface area contributed by atoms with Crippen molar-refractivity contribution in [3.63, 3.8) is 0 Å². The fraction of sp³-hybridized carbons (Fsp3) is 0.357. The van der Waals surface area contributed by atoms with Crippen LogP contribution in [0, 0.1) is 6.92 Å². The third kappa shape index (κ3) is 2.58. The Kier molecular flexibility index (Phi) is 4.07. The van der Waals surface area contributed by atoms with Gasteiger partial charge < -0.3 is 9.72 Å². The first-order valence-electron chi connectivity index (χ1n) is 6.04. The summed E-state index contributed by atoms with van der Waals surface area (Å²) in [7, 11) is 0. The predicted molar refractivity (Wildman–Crippen MR) is 75.7 cm³/mol. The fourth-order valence-corrected chi connectivity index (χ4v) is 2.62. The van der Waals surface area contributed by atoms with Gasteiger partial charge in [0.2, 0.25) is 0 Å². The summed E-state index contributed by atoms with van der Waals surface area (Å²) in [5.74, 6) is -0.138. The van der Waals surface area contributed by atoms with E-state index < -0.39 is 0 Å². The minimum atomic E-state index is -0.138. The van der Waals surface area contributed by atoms with E-state index in [0.717, 1.165) is 15.7 Å². The molecule has 0 aliphatic heterocycles. The molecule has 1 heterocycles. The Morgan fingerprint density at radius 3 is 2.94 bits per heavy atom. The molecule has 4 heteroatoms. The van der Waals surface area contributed by atoms with E-state index in [1.54, 1.807) is 0 Å². The quantitative estimate of drug-likeness (QED) is 0.874. The maximum atomic E-state index is 11.4. The average Bonchev–Trinajstić information content (AvgIpc) is 2.65. The Labute approximate surface area is 115 Å². The smallest absolute Gasteiger partial charge is 0.306 e. The van der Waals surface area contributed by atoms with Gasteiger partial charge in [-0.2, -0.15) is 0 Å². The van der Waals surface area contributed by atoms with Crippen LogP contribution in [-0.2, 0) is 16.0 Å². The van der Waals surface area contributed by atoms with Crippen LogP contribution in [0.3, 0.4) is 0 Å². The zero-order valence-electron chi connectivity index (χ0n) is 10.5. The highest BCUT2D eigenvalue weighted by Crippen LogP contribution is 2.28. The normalized spacial score (nSPS) is 10.8. The molecule has 18 heavy (non-hydrogen) atoms. The Hall–Kier alpha value is -1.29. The van der Waals surface area contributed by atoms with Gasteiger partial charge in [0.25, 0.3) is 0 Å². The summed E-state index contributed by atoms with van der Waals surface area (Å²) in [6.07, 6.45) is 1.13. The molecule has 1 N–H and O–H groups in total. The van der Waals surface area contributed by atoms with Gasteiger partial charge in [-0.3, -0.25) is 4.79 Å². The number of hydrogen-bond acceptors (Lipinski definition) is 2. The summed E-state index contributed by atoms with van der Waals surface area (Å²) in [6.45, 7) is 4.30. The van der Waals surface area contributed by atoms with Crippen LogP contribution in [0.25, 0.3) is 10.9 Å². The van der Waals surface area contributed by atoms with Crippen molar-refractivity contribution < 1.29 is 9.53 Å². The second-order valence-corrected chi connectivity index (χ2v) is 5.05. The van der Waals surface area contributed by atoms with Gasteiger partial charge in [0.15, 0.2) is 0 Å². The molecule has 0 radical (unpaired) electrons. The number of aromatic nitrogens is 1. The molecular weight excluding hydrogens is 294 g/mol. The summed E-state index contributed by atoms with van der Waals surface area (Å²) in [5.41, 5.74) is 3.40. The van der Waals surface area contributed by atoms with E-state index >= 15 is 0 Å². The fourth-order valence-electron chi connectivity index (χ4n) is 2.15. The molecule has 0 amide bonds. The van der Waals surface area contributed by atoms with Gasteiger partial charge in [-0.1, -0.05) is 12.1 Å². The van der Waals surface area contributed by atoms with Crippen molar-refractivity contribution in [1.29, 1.82) is 0 Å². The summed E-state index contributed by atoms with van der Waals surface area (Å²) in [5, 5.41) is 1.17. The number of aryl methyl sites for hydroxylation is 2. The number of para-hydroxylation sites is 1. The molecule has 0 atom stereocenters. The van der Waals surface area contributed by atoms with Crippen molar-refractivity contribution in [2.24, 2.45) is 0 Å². The lowest BCUT2D eigenvalue weighted by Gasteiger charge is -2.02. The van der Waals surface area contributed by atoms with Crippen molar-refractivity contribution in [2.75, 3.05) is 6.61 Å². The Morgan fingerprint density at radius 1 is 1.44 bits per heavy atom. The standard InChI is InChI=1S/C14H16BrNO2/c1-3-18-13(17)8-7-10-9(2)16-14-11(10)5-4-6-12(14)15/h4-6,16H,3,7-8H2,1-2H3. The van der Waals surface area contributed by atoms with Gasteiger partial charge in [0.05, 0.1) is 12.1 Å². The van der Waals surface area contributed by atoms with Gasteiger partial charge in [-0.25, -0.2) is 0 Å². The van der Waals surface area contributed by atoms with Crippen molar-refractivity contribution in [3.8, 4) is 0 Å². The molecule has 2 aromatic rings. The third-order valence-corrected chi connectivity index (χ3v) is 3.65. The minimum absolute atomic E-state index is 0.138. The lowest BCUT2D eigenvalue weighted by molar-refractivity contribution is -0.143. The third-order valence-electron chi connectivity index (χ3n) is 2.99. The maximum absolute atomic E-state index is 11.4. The summed E-state index contributed by atoms with van der Waals surface area (Å²) >= 11 is 3.53. The van der Waals surface area contributed by atoms with Crippen molar-refractivity contribution in [1.82, 2.24) is 4.98 Å². The minimum Gasteiger partial charge on any atom is -0.466 e. The first-order valence-corrected chi connectivity index (χ1v) is 6.84. The van der Waals surface area contributed by atoms with Crippen LogP contribution in [-0.4, -0.2) is 17.6 Å². The van der Waals surface area contributed by atoms with E-state index in [4.69, 9.17) is 4.74 Å². The van der Waals surface area contributed by atoms with Crippen LogP contribution in [0.1, 0.15) is 24.6 Å². The molecule has 0 saturated carbocycles. The Morgan fingerprint density at radius 2 is 2.22 bits per heavy atom. The molecule has 96 valence electrons. The lowest BCUT2D eigenvalue weighted by Crippen LogP contribution is -2.05. The van der Waals surface area contributed by atoms with E-state index in [1.807, 2.05) is 26.0 Å². The highest BCUT2D eigenvalue weighted by molar-refractivity contribution is 9.10. The molecule has 0 bridgehead atoms. The number of H-pyrrole nitrogens is 1. The molecule has 0 spiro atoms. The number of ether oxygens (including phenoxy) is 1. The molecule has 2 rings (SSSR count). The number of carbonyl (C=O) groups is 1. The molecule has 1 aromatic carbocycles. The van der Waals surface area contributed by atoms with Gasteiger partial charge >= 0.3 is 5.97 Å². The first kappa shape index (κ1) is 13.1. The van der Waals surface area contributed by atoms with Crippen LogP contribution < -0.4 is 0 Å². The highest BCUT2D eigenvalue weighted by Gasteiger charge is 2.12. The largest absolute Gasteiger partial charge is 0.466 e. The molecule has 0 saturated heterocycles. The van der Waals surface area contributed by atoms with Gasteiger partial charge in [-0.15, -0.1) is 0 Å². The van der Waals surface area contributed by atoms with E-state index in [9.17, 15) is 4.79 Å². The summed E-state index contributed by atoms with van der Waals surface area (Å²) in [4.78, 5) is 14.8. The molecule has 0 aliphatic carbocycles. The number of rotatable bonds is 4. The second kappa shape index (κ2) is 5.57. The van der Waals surface area contributed by atoms with E-state index in [1.165, 1.54) is 10.9 Å². The number of carbonyl (C=O) groups excluding carboxylic acids is 1. The van der Waals surface area contributed by atoms with Crippen LogP contribution in [0.5, 0.6) is 0 Å². The van der Waals surface area contributed by atoms with Crippen molar-refractivity contribution in [3.05, 3.63) is 33.9 Å². The van der Waals surface area contributed by atoms with Crippen molar-refractivity contribution >= 4 is 32.8 Å². The molecule has 0 unspecified atom stereocenters. The van der Waals surface area contributed by atoms with Crippen LogP contribution in [0.2, 0.25) is 0 Å². The zero-order valence-corrected chi connectivity index (χ0v) is 12.1. The number of esters is 1. The number of halogens is 1. The number of benzene rings is 1. The first-order chi connectivity index (χ1) is 8.63. The molecule has 3 nitrogen and oxygen atoms in total. The number of fused-ring (bicyclic) bond motifs is 1. The van der Waals surface area contributed by atoms with Gasteiger partial charge in [0, 0.05) is 22.0 Å². The number of nitrogens with one attached hydrogen (secondary N) is 1. The molecule has 1 aromatic heterocycles. The summed E-state index contributed by atoms with van der Waals surface area (Å²) < 4.78 is 6.00. The Bertz CT molecular complexity index is 574. The van der Waals surface area contributed by atoms with E-state index in [0.29, 0.717) is 19.4 Å². The predicted octanol–water partition coefficient (Wildman–Crippen LogP) is 3.73. The van der Waals surface area contributed by atoms with Gasteiger partial charge in [0.1, 0.15) is 0 Å². The van der Waals surface area contributed by atoms with E-state index in [2.05, 4.69) is 27.0 Å². The Balaban J connectivity index is 2.25.